The lowest BCUT2D eigenvalue weighted by Crippen LogP contribution is -2.09. The molecule has 2 atom stereocenters. The second kappa shape index (κ2) is 4.31. The number of nitrogens with two attached hydrogens (primary N) is 1. The first-order valence-corrected chi connectivity index (χ1v) is 6.06. The summed E-state index contributed by atoms with van der Waals surface area (Å²) in [6.45, 7) is 2.01. The Bertz CT molecular complexity index is 296. The monoisotopic (exact) mass is 213 g/mol. The summed E-state index contributed by atoms with van der Waals surface area (Å²) in [4.78, 5) is 4.34. The number of thioether (sulfide) groups is 1. The normalized spacial score (nSPS) is 24.0. The molecule has 2 N–H and O–H groups in total. The molecule has 5 heteroatoms. The lowest BCUT2D eigenvalue weighted by atomic mass is 10.2. The van der Waals surface area contributed by atoms with Crippen LogP contribution in [0, 0.1) is 0 Å². The first-order valence-electron chi connectivity index (χ1n) is 5.02. The van der Waals surface area contributed by atoms with Crippen LogP contribution in [0.5, 0.6) is 0 Å². The van der Waals surface area contributed by atoms with Gasteiger partial charge in [0.25, 0.3) is 0 Å². The molecule has 1 aliphatic heterocycles. The van der Waals surface area contributed by atoms with Crippen LogP contribution in [0.4, 0.5) is 0 Å². The van der Waals surface area contributed by atoms with Crippen molar-refractivity contribution in [2.75, 3.05) is 5.75 Å². The molecule has 0 saturated carbocycles. The molecule has 4 nitrogen and oxygen atoms in total. The molecule has 1 aromatic rings. The lowest BCUT2D eigenvalue weighted by Gasteiger charge is -2.01. The van der Waals surface area contributed by atoms with E-state index >= 15 is 0 Å². The molecule has 0 bridgehead atoms. The minimum absolute atomic E-state index is 0.109. The van der Waals surface area contributed by atoms with Crippen LogP contribution in [-0.4, -0.2) is 15.9 Å². The number of hydrogen-bond acceptors (Lipinski definition) is 5. The van der Waals surface area contributed by atoms with Gasteiger partial charge in [-0.3, -0.25) is 0 Å². The van der Waals surface area contributed by atoms with Crippen molar-refractivity contribution < 1.29 is 4.52 Å². The molecule has 1 fully saturated rings. The Hall–Kier alpha value is -0.550. The van der Waals surface area contributed by atoms with Crippen LogP contribution in [0.3, 0.4) is 0 Å². The van der Waals surface area contributed by atoms with E-state index in [4.69, 9.17) is 10.3 Å². The molecular weight excluding hydrogens is 198 g/mol. The highest BCUT2D eigenvalue weighted by Crippen LogP contribution is 2.38. The van der Waals surface area contributed by atoms with Crippen LogP contribution in [0.15, 0.2) is 4.52 Å². The zero-order valence-corrected chi connectivity index (χ0v) is 9.09. The maximum Gasteiger partial charge on any atom is 0.243 e. The van der Waals surface area contributed by atoms with Crippen LogP contribution >= 0.6 is 11.8 Å². The van der Waals surface area contributed by atoms with E-state index in [0.29, 0.717) is 11.1 Å². The molecule has 0 amide bonds. The summed E-state index contributed by atoms with van der Waals surface area (Å²) in [6, 6.07) is -0.109. The number of nitrogens with zero attached hydrogens (tertiary/aromatic N) is 2. The van der Waals surface area contributed by atoms with Crippen LogP contribution in [0.2, 0.25) is 0 Å². The maximum absolute atomic E-state index is 5.80. The summed E-state index contributed by atoms with van der Waals surface area (Å²) in [6.07, 6.45) is 3.24. The number of hydrogen-bond donors (Lipinski definition) is 1. The van der Waals surface area contributed by atoms with Gasteiger partial charge >= 0.3 is 0 Å². The lowest BCUT2D eigenvalue weighted by molar-refractivity contribution is 0.348. The van der Waals surface area contributed by atoms with E-state index in [1.807, 2.05) is 18.7 Å². The third-order valence-electron chi connectivity index (χ3n) is 2.43. The first-order chi connectivity index (χ1) is 6.81. The van der Waals surface area contributed by atoms with Crippen LogP contribution in [0.25, 0.3) is 0 Å². The minimum Gasteiger partial charge on any atom is -0.338 e. The zero-order chi connectivity index (χ0) is 9.97. The van der Waals surface area contributed by atoms with Crippen molar-refractivity contribution >= 4 is 11.8 Å². The average Bonchev–Trinajstić information content (AvgIpc) is 2.86. The second-order valence-corrected chi connectivity index (χ2v) is 4.82. The highest BCUT2D eigenvalue weighted by Gasteiger charge is 2.23. The van der Waals surface area contributed by atoms with Gasteiger partial charge in [-0.15, -0.1) is 0 Å². The molecule has 0 aromatic carbocycles. The predicted molar refractivity (Wildman–Crippen MR) is 56.0 cm³/mol. The molecule has 1 unspecified atom stereocenters. The van der Waals surface area contributed by atoms with Crippen molar-refractivity contribution in [1.82, 2.24) is 10.1 Å². The largest absolute Gasteiger partial charge is 0.338 e. The van der Waals surface area contributed by atoms with Gasteiger partial charge in [0.2, 0.25) is 5.89 Å². The fourth-order valence-electron chi connectivity index (χ4n) is 1.48. The van der Waals surface area contributed by atoms with Gasteiger partial charge in [-0.25, -0.2) is 0 Å². The highest BCUT2D eigenvalue weighted by atomic mass is 32.2. The van der Waals surface area contributed by atoms with Crippen molar-refractivity contribution in [1.29, 1.82) is 0 Å². The van der Waals surface area contributed by atoms with Crippen molar-refractivity contribution in [2.24, 2.45) is 5.73 Å². The van der Waals surface area contributed by atoms with Gasteiger partial charge in [0.15, 0.2) is 5.82 Å². The van der Waals surface area contributed by atoms with E-state index in [9.17, 15) is 0 Å². The van der Waals surface area contributed by atoms with E-state index in [2.05, 4.69) is 10.1 Å². The topological polar surface area (TPSA) is 64.9 Å². The van der Waals surface area contributed by atoms with E-state index in [1.54, 1.807) is 0 Å². The fraction of sp³-hybridized carbons (Fsp3) is 0.778. The van der Waals surface area contributed by atoms with E-state index < -0.39 is 0 Å². The number of aromatic nitrogens is 2. The molecule has 1 aliphatic rings. The second-order valence-electron chi connectivity index (χ2n) is 3.51. The Labute approximate surface area is 87.6 Å². The molecular formula is C9H15N3OS. The van der Waals surface area contributed by atoms with Crippen LogP contribution in [-0.2, 0) is 0 Å². The van der Waals surface area contributed by atoms with Gasteiger partial charge < -0.3 is 10.3 Å². The molecule has 2 heterocycles. The van der Waals surface area contributed by atoms with E-state index in [-0.39, 0.29) is 6.04 Å². The van der Waals surface area contributed by atoms with E-state index in [1.165, 1.54) is 12.2 Å². The molecule has 14 heavy (non-hydrogen) atoms. The van der Waals surface area contributed by atoms with Crippen molar-refractivity contribution in [2.45, 2.75) is 37.5 Å². The van der Waals surface area contributed by atoms with Crippen LogP contribution < -0.4 is 5.73 Å². The summed E-state index contributed by atoms with van der Waals surface area (Å²) < 4.78 is 5.13. The Morgan fingerprint density at radius 3 is 3.21 bits per heavy atom. The highest BCUT2D eigenvalue weighted by molar-refractivity contribution is 7.99. The summed E-state index contributed by atoms with van der Waals surface area (Å²) in [7, 11) is 0. The van der Waals surface area contributed by atoms with Crippen molar-refractivity contribution in [3.63, 3.8) is 0 Å². The molecule has 0 radical (unpaired) electrons. The smallest absolute Gasteiger partial charge is 0.243 e. The molecule has 2 rings (SSSR count). The minimum atomic E-state index is -0.109. The summed E-state index contributed by atoms with van der Waals surface area (Å²) in [5.74, 6) is 2.61. The predicted octanol–water partition coefficient (Wildman–Crippen LogP) is 2.05. The molecule has 1 aromatic heterocycles. The summed E-state index contributed by atoms with van der Waals surface area (Å²) in [5.41, 5.74) is 5.80. The molecule has 78 valence electrons. The van der Waals surface area contributed by atoms with Crippen molar-refractivity contribution in [3.05, 3.63) is 11.7 Å². The molecule has 1 saturated heterocycles. The molecule has 0 aliphatic carbocycles. The third-order valence-corrected chi connectivity index (χ3v) is 3.81. The Morgan fingerprint density at radius 2 is 2.57 bits per heavy atom. The maximum atomic E-state index is 5.80. The van der Waals surface area contributed by atoms with Gasteiger partial charge in [0, 0.05) is 0 Å². The van der Waals surface area contributed by atoms with Gasteiger partial charge in [-0.2, -0.15) is 16.7 Å². The Kier molecular flexibility index (Phi) is 3.08. The van der Waals surface area contributed by atoms with Gasteiger partial charge in [0.05, 0.1) is 11.3 Å². The SMILES string of the molecule is CC[C@@H](N)c1nc(C2CCCS2)no1. The van der Waals surface area contributed by atoms with Gasteiger partial charge in [-0.1, -0.05) is 12.1 Å². The third kappa shape index (κ3) is 1.93. The Morgan fingerprint density at radius 1 is 1.71 bits per heavy atom. The standard InChI is InChI=1S/C9H15N3OS/c1-2-6(10)9-11-8(12-13-9)7-4-3-5-14-7/h6-7H,2-5,10H2,1H3/t6-,7?/m1/s1. The van der Waals surface area contributed by atoms with Crippen molar-refractivity contribution in [3.8, 4) is 0 Å². The van der Waals surface area contributed by atoms with Crippen LogP contribution in [0.1, 0.15) is 49.2 Å². The van der Waals surface area contributed by atoms with E-state index in [0.717, 1.165) is 18.7 Å². The molecule has 0 spiro atoms. The average molecular weight is 213 g/mol. The summed E-state index contributed by atoms with van der Waals surface area (Å²) in [5, 5.41) is 4.41. The fourth-order valence-corrected chi connectivity index (χ4v) is 2.68. The van der Waals surface area contributed by atoms with Gasteiger partial charge in [-0.05, 0) is 25.0 Å². The first kappa shape index (κ1) is 9.98. The number of rotatable bonds is 3. The zero-order valence-electron chi connectivity index (χ0n) is 8.27. The summed E-state index contributed by atoms with van der Waals surface area (Å²) >= 11 is 1.90. The quantitative estimate of drug-likeness (QED) is 0.832. The Balaban J connectivity index is 2.08. The van der Waals surface area contributed by atoms with Gasteiger partial charge in [0.1, 0.15) is 0 Å².